The molecule has 0 fully saturated rings. The minimum Gasteiger partial charge on any atom is -0.359 e. The molecular weight excluding hydrogens is 409 g/mol. The topological polar surface area (TPSA) is 75.6 Å². The number of carbonyl (C=O) groups is 1. The molecule has 4 aromatic rings. The van der Waals surface area contributed by atoms with Gasteiger partial charge >= 0.3 is 6.18 Å². The lowest BCUT2D eigenvalue weighted by atomic mass is 10.1. The van der Waals surface area contributed by atoms with Crippen molar-refractivity contribution in [1.29, 1.82) is 0 Å². The number of H-pyrrole nitrogens is 1. The summed E-state index contributed by atoms with van der Waals surface area (Å²) in [5, 5.41) is 10.3. The van der Waals surface area contributed by atoms with Gasteiger partial charge in [-0.1, -0.05) is 17.3 Å². The number of amides is 1. The van der Waals surface area contributed by atoms with Crippen LogP contribution in [0.25, 0.3) is 10.9 Å². The summed E-state index contributed by atoms with van der Waals surface area (Å²) >= 11 is 0. The lowest BCUT2D eigenvalue weighted by molar-refractivity contribution is -0.137. The maximum Gasteiger partial charge on any atom is 0.416 e. The number of benzene rings is 2. The number of aromatic nitrogens is 4. The number of nitrogens with zero attached hydrogens (tertiary/aromatic N) is 3. The second-order valence-electron chi connectivity index (χ2n) is 6.46. The van der Waals surface area contributed by atoms with E-state index in [2.05, 4.69) is 20.6 Å². The Labute approximate surface area is 165 Å². The van der Waals surface area contributed by atoms with Crippen molar-refractivity contribution in [3.05, 3.63) is 77.2 Å². The molecular formula is C19H12F5N5O. The van der Waals surface area contributed by atoms with Crippen LogP contribution in [0.3, 0.4) is 0 Å². The van der Waals surface area contributed by atoms with Gasteiger partial charge in [-0.05, 0) is 23.8 Å². The van der Waals surface area contributed by atoms with Gasteiger partial charge in [0.2, 0.25) is 0 Å². The van der Waals surface area contributed by atoms with Crippen LogP contribution in [0.1, 0.15) is 21.6 Å². The Kier molecular flexibility index (Phi) is 4.72. The van der Waals surface area contributed by atoms with Gasteiger partial charge in [-0.25, -0.2) is 13.5 Å². The molecule has 0 radical (unpaired) electrons. The molecule has 2 aromatic heterocycles. The molecule has 2 heterocycles. The third kappa shape index (κ3) is 3.86. The van der Waals surface area contributed by atoms with Crippen molar-refractivity contribution in [2.24, 2.45) is 0 Å². The second kappa shape index (κ2) is 7.25. The highest BCUT2D eigenvalue weighted by atomic mass is 19.4. The molecule has 11 heteroatoms. The number of fused-ring (bicyclic) bond motifs is 1. The Hall–Kier alpha value is -3.76. The minimum absolute atomic E-state index is 0.0566. The summed E-state index contributed by atoms with van der Waals surface area (Å²) in [4.78, 5) is 15.1. The first-order chi connectivity index (χ1) is 14.2. The number of alkyl halides is 3. The van der Waals surface area contributed by atoms with Gasteiger partial charge in [0.05, 0.1) is 29.5 Å². The number of carbonyl (C=O) groups excluding carboxylic acids is 1. The Morgan fingerprint density at radius 3 is 2.50 bits per heavy atom. The van der Waals surface area contributed by atoms with E-state index in [1.807, 2.05) is 0 Å². The Bertz CT molecular complexity index is 1230. The maximum atomic E-state index is 13.5. The highest BCUT2D eigenvalue weighted by Gasteiger charge is 2.29. The summed E-state index contributed by atoms with van der Waals surface area (Å²) in [5.41, 5.74) is 0.245. The van der Waals surface area contributed by atoms with E-state index in [4.69, 9.17) is 0 Å². The van der Waals surface area contributed by atoms with E-state index in [0.29, 0.717) is 11.1 Å². The summed E-state index contributed by atoms with van der Waals surface area (Å²) < 4.78 is 65.9. The van der Waals surface area contributed by atoms with E-state index in [-0.39, 0.29) is 23.3 Å². The predicted molar refractivity (Wildman–Crippen MR) is 96.7 cm³/mol. The van der Waals surface area contributed by atoms with E-state index < -0.39 is 29.3 Å². The fraction of sp³-hybridized carbons (Fsp3) is 0.105. The lowest BCUT2D eigenvalue weighted by Gasteiger charge is -2.07. The summed E-state index contributed by atoms with van der Waals surface area (Å²) in [6.45, 7) is 0.107. The van der Waals surface area contributed by atoms with Gasteiger partial charge in [-0.15, -0.1) is 5.10 Å². The third-order valence-electron chi connectivity index (χ3n) is 4.37. The van der Waals surface area contributed by atoms with Crippen LogP contribution >= 0.6 is 0 Å². The summed E-state index contributed by atoms with van der Waals surface area (Å²) in [5.74, 6) is -2.71. The van der Waals surface area contributed by atoms with Crippen molar-refractivity contribution in [1.82, 2.24) is 20.0 Å². The average Bonchev–Trinajstić information content (AvgIpc) is 3.30. The summed E-state index contributed by atoms with van der Waals surface area (Å²) in [6.07, 6.45) is -1.72. The van der Waals surface area contributed by atoms with Crippen LogP contribution in [-0.2, 0) is 12.7 Å². The molecule has 0 aliphatic heterocycles. The number of rotatable bonds is 4. The van der Waals surface area contributed by atoms with Gasteiger partial charge in [0.15, 0.2) is 17.3 Å². The van der Waals surface area contributed by atoms with Gasteiger partial charge in [-0.3, -0.25) is 4.79 Å². The Morgan fingerprint density at radius 2 is 1.80 bits per heavy atom. The Morgan fingerprint density at radius 1 is 1.10 bits per heavy atom. The lowest BCUT2D eigenvalue weighted by Crippen LogP contribution is -2.12. The molecule has 0 bridgehead atoms. The minimum atomic E-state index is -4.42. The van der Waals surface area contributed by atoms with E-state index in [1.165, 1.54) is 29.2 Å². The van der Waals surface area contributed by atoms with Crippen LogP contribution in [0.4, 0.5) is 27.6 Å². The molecule has 0 saturated carbocycles. The molecule has 0 saturated heterocycles. The number of hydrogen-bond acceptors (Lipinski definition) is 3. The molecule has 2 N–H and O–H groups in total. The molecule has 0 aliphatic rings. The van der Waals surface area contributed by atoms with Gasteiger partial charge in [0.25, 0.3) is 5.91 Å². The maximum absolute atomic E-state index is 13.5. The molecule has 1 amide bonds. The van der Waals surface area contributed by atoms with Crippen molar-refractivity contribution in [2.75, 3.05) is 5.32 Å². The zero-order valence-corrected chi connectivity index (χ0v) is 15.0. The van der Waals surface area contributed by atoms with Crippen LogP contribution in [0.15, 0.2) is 48.8 Å². The monoisotopic (exact) mass is 421 g/mol. The van der Waals surface area contributed by atoms with Crippen molar-refractivity contribution < 1.29 is 26.7 Å². The molecule has 0 spiro atoms. The number of hydrogen-bond donors (Lipinski definition) is 2. The van der Waals surface area contributed by atoms with Crippen LogP contribution < -0.4 is 5.32 Å². The highest BCUT2D eigenvalue weighted by Crippen LogP contribution is 2.29. The zero-order valence-electron chi connectivity index (χ0n) is 15.0. The van der Waals surface area contributed by atoms with E-state index >= 15 is 0 Å². The molecule has 4 rings (SSSR count). The molecule has 154 valence electrons. The van der Waals surface area contributed by atoms with Gasteiger partial charge in [0.1, 0.15) is 0 Å². The Balaban J connectivity index is 1.47. The van der Waals surface area contributed by atoms with Crippen LogP contribution in [0.5, 0.6) is 0 Å². The van der Waals surface area contributed by atoms with E-state index in [1.54, 1.807) is 0 Å². The van der Waals surface area contributed by atoms with Crippen molar-refractivity contribution >= 4 is 22.5 Å². The van der Waals surface area contributed by atoms with Gasteiger partial charge in [-0.2, -0.15) is 13.2 Å². The first kappa shape index (κ1) is 19.6. The summed E-state index contributed by atoms with van der Waals surface area (Å²) in [7, 11) is 0. The zero-order chi connectivity index (χ0) is 21.5. The molecule has 0 unspecified atom stereocenters. The fourth-order valence-corrected chi connectivity index (χ4v) is 2.87. The van der Waals surface area contributed by atoms with Crippen LogP contribution in [0, 0.1) is 11.6 Å². The first-order valence-corrected chi connectivity index (χ1v) is 8.54. The quantitative estimate of drug-likeness (QED) is 0.481. The van der Waals surface area contributed by atoms with Gasteiger partial charge < -0.3 is 10.3 Å². The first-order valence-electron chi connectivity index (χ1n) is 8.54. The number of nitrogens with one attached hydrogen (secondary N) is 2. The third-order valence-corrected chi connectivity index (χ3v) is 4.37. The summed E-state index contributed by atoms with van der Waals surface area (Å²) in [6, 6.07) is 6.46. The predicted octanol–water partition coefficient (Wildman–Crippen LogP) is 4.36. The molecule has 30 heavy (non-hydrogen) atoms. The molecule has 0 atom stereocenters. The van der Waals surface area contributed by atoms with E-state index in [0.717, 1.165) is 24.3 Å². The standard InChI is InChI=1S/C19H12F5N5O/c20-13-5-12-15(6-14(13)21)25-7-16(12)26-18(30)17-9-29(28-27-17)8-10-1-3-11(4-2-10)19(22,23)24/h1-7,9,25H,8H2,(H,26,30). The second-order valence-corrected chi connectivity index (χ2v) is 6.46. The SMILES string of the molecule is O=C(Nc1c[nH]c2cc(F)c(F)cc12)c1cn(Cc2ccc(C(F)(F)F)cc2)nn1. The molecule has 2 aromatic carbocycles. The smallest absolute Gasteiger partial charge is 0.359 e. The van der Waals surface area contributed by atoms with Crippen molar-refractivity contribution in [3.63, 3.8) is 0 Å². The van der Waals surface area contributed by atoms with E-state index in [9.17, 15) is 26.7 Å². The average molecular weight is 421 g/mol. The normalized spacial score (nSPS) is 11.8. The van der Waals surface area contributed by atoms with Crippen LogP contribution in [0.2, 0.25) is 0 Å². The van der Waals surface area contributed by atoms with Crippen molar-refractivity contribution in [3.8, 4) is 0 Å². The van der Waals surface area contributed by atoms with Crippen LogP contribution in [-0.4, -0.2) is 25.9 Å². The van der Waals surface area contributed by atoms with Gasteiger partial charge in [0, 0.05) is 17.6 Å². The molecule has 0 aliphatic carbocycles. The largest absolute Gasteiger partial charge is 0.416 e. The molecule has 6 nitrogen and oxygen atoms in total. The number of halogens is 5. The number of aromatic amines is 1. The highest BCUT2D eigenvalue weighted by molar-refractivity contribution is 6.07. The fourth-order valence-electron chi connectivity index (χ4n) is 2.87. The number of anilines is 1. The van der Waals surface area contributed by atoms with Crippen molar-refractivity contribution in [2.45, 2.75) is 12.7 Å².